The molecule has 0 aliphatic carbocycles. The smallest absolute Gasteiger partial charge is 0.243 e. The van der Waals surface area contributed by atoms with Gasteiger partial charge in [-0.05, 0) is 60.4 Å². The molecular formula is C31H45FN4O4. The first-order valence-electron chi connectivity index (χ1n) is 14.0. The molecule has 0 aliphatic rings. The van der Waals surface area contributed by atoms with Gasteiger partial charge in [-0.1, -0.05) is 65.0 Å². The highest BCUT2D eigenvalue weighted by molar-refractivity contribution is 5.92. The molecule has 0 spiro atoms. The molecule has 0 aromatic heterocycles. The Labute approximate surface area is 237 Å². The molecule has 3 atom stereocenters. The van der Waals surface area contributed by atoms with E-state index in [0.29, 0.717) is 37.5 Å². The lowest BCUT2D eigenvalue weighted by atomic mass is 9.97. The van der Waals surface area contributed by atoms with Gasteiger partial charge in [0.05, 0.1) is 6.61 Å². The molecule has 220 valence electrons. The summed E-state index contributed by atoms with van der Waals surface area (Å²) in [6.07, 6.45) is 1.74. The Morgan fingerprint density at radius 1 is 0.925 bits per heavy atom. The van der Waals surface area contributed by atoms with Gasteiger partial charge in [0.15, 0.2) is 0 Å². The fourth-order valence-electron chi connectivity index (χ4n) is 4.15. The molecule has 2 aromatic rings. The molecule has 0 saturated heterocycles. The van der Waals surface area contributed by atoms with Crippen LogP contribution < -0.4 is 26.4 Å². The fraction of sp³-hybridized carbons (Fsp3) is 0.516. The normalized spacial score (nSPS) is 13.4. The van der Waals surface area contributed by atoms with Crippen LogP contribution in [-0.2, 0) is 27.2 Å². The first-order valence-corrected chi connectivity index (χ1v) is 14.0. The Kier molecular flexibility index (Phi) is 13.6. The van der Waals surface area contributed by atoms with Crippen molar-refractivity contribution < 1.29 is 23.5 Å². The van der Waals surface area contributed by atoms with Gasteiger partial charge in [-0.2, -0.15) is 0 Å². The lowest BCUT2D eigenvalue weighted by Crippen LogP contribution is -2.58. The molecular weight excluding hydrogens is 511 g/mol. The maximum atomic E-state index is 13.5. The minimum atomic E-state index is -0.933. The van der Waals surface area contributed by atoms with Gasteiger partial charge in [-0.25, -0.2) is 4.39 Å². The summed E-state index contributed by atoms with van der Waals surface area (Å²) >= 11 is 0. The van der Waals surface area contributed by atoms with E-state index in [0.717, 1.165) is 17.7 Å². The maximum absolute atomic E-state index is 13.5. The lowest BCUT2D eigenvalue weighted by Gasteiger charge is -2.26. The van der Waals surface area contributed by atoms with Gasteiger partial charge in [0.25, 0.3) is 0 Å². The predicted octanol–water partition coefficient (Wildman–Crippen LogP) is 3.37. The molecule has 8 nitrogen and oxygen atoms in total. The highest BCUT2D eigenvalue weighted by Crippen LogP contribution is 2.20. The average Bonchev–Trinajstić information content (AvgIpc) is 2.91. The molecule has 3 amide bonds. The number of carbonyl (C=O) groups excluding carboxylic acids is 3. The van der Waals surface area contributed by atoms with E-state index in [2.05, 4.69) is 29.8 Å². The zero-order valence-corrected chi connectivity index (χ0v) is 24.3. The predicted molar refractivity (Wildman–Crippen MR) is 155 cm³/mol. The zero-order valence-electron chi connectivity index (χ0n) is 24.3. The van der Waals surface area contributed by atoms with Crippen molar-refractivity contribution in [2.45, 2.75) is 66.0 Å². The first-order chi connectivity index (χ1) is 19.0. The van der Waals surface area contributed by atoms with E-state index in [9.17, 15) is 18.8 Å². The van der Waals surface area contributed by atoms with Crippen molar-refractivity contribution in [2.75, 3.05) is 19.7 Å². The van der Waals surface area contributed by atoms with Crippen molar-refractivity contribution in [3.63, 3.8) is 0 Å². The molecule has 0 heterocycles. The summed E-state index contributed by atoms with van der Waals surface area (Å²) in [4.78, 5) is 38.7. The summed E-state index contributed by atoms with van der Waals surface area (Å²) in [6, 6.07) is 12.2. The standard InChI is InChI=1S/C31H45FN4O4/c1-20(2)19-40-27-14-7-6-11-24(27)12-9-15-34-30(38)26(18-33)35-31(39)28(21(3)4)36-29(37)22(5)16-23-10-8-13-25(32)17-23/h6-8,10-11,13-14,17,20-22,26,28H,9,12,15-16,18-19,33H2,1-5H3,(H,34,38)(H,35,39)(H,36,37)/t22-,26+,28-/m1/s1. The van der Waals surface area contributed by atoms with Crippen LogP contribution in [0.3, 0.4) is 0 Å². The third-order valence-electron chi connectivity index (χ3n) is 6.46. The average molecular weight is 557 g/mol. The number of hydrogen-bond acceptors (Lipinski definition) is 5. The molecule has 0 radical (unpaired) electrons. The van der Waals surface area contributed by atoms with E-state index in [1.807, 2.05) is 38.1 Å². The minimum absolute atomic E-state index is 0.0851. The molecule has 0 fully saturated rings. The van der Waals surface area contributed by atoms with E-state index in [-0.39, 0.29) is 30.1 Å². The number of nitrogens with two attached hydrogens (primary N) is 1. The van der Waals surface area contributed by atoms with Gasteiger partial charge >= 0.3 is 0 Å². The Morgan fingerprint density at radius 3 is 2.30 bits per heavy atom. The fourth-order valence-corrected chi connectivity index (χ4v) is 4.15. The van der Waals surface area contributed by atoms with Gasteiger partial charge in [0, 0.05) is 19.0 Å². The molecule has 40 heavy (non-hydrogen) atoms. The Balaban J connectivity index is 1.87. The van der Waals surface area contributed by atoms with Crippen LogP contribution in [0.25, 0.3) is 0 Å². The Bertz CT molecular complexity index is 1110. The number of amides is 3. The number of rotatable bonds is 16. The van der Waals surface area contributed by atoms with Crippen molar-refractivity contribution >= 4 is 17.7 Å². The highest BCUT2D eigenvalue weighted by Gasteiger charge is 2.29. The molecule has 0 bridgehead atoms. The molecule has 0 saturated carbocycles. The number of halogens is 1. The van der Waals surface area contributed by atoms with Gasteiger partial charge < -0.3 is 26.4 Å². The molecule has 9 heteroatoms. The van der Waals surface area contributed by atoms with Crippen LogP contribution in [0.2, 0.25) is 0 Å². The summed E-state index contributed by atoms with van der Waals surface area (Å²) < 4.78 is 19.4. The lowest BCUT2D eigenvalue weighted by molar-refractivity contribution is -0.133. The van der Waals surface area contributed by atoms with Crippen molar-refractivity contribution in [2.24, 2.45) is 23.5 Å². The third kappa shape index (κ3) is 11.0. The SMILES string of the molecule is CC(C)COc1ccccc1CCCNC(=O)[C@H](CN)NC(=O)[C@H](NC(=O)[C@H](C)Cc1cccc(F)c1)C(C)C. The molecule has 5 N–H and O–H groups in total. The molecule has 2 rings (SSSR count). The zero-order chi connectivity index (χ0) is 29.7. The quantitative estimate of drug-likeness (QED) is 0.236. The molecule has 0 unspecified atom stereocenters. The van der Waals surface area contributed by atoms with Gasteiger partial charge in [0.2, 0.25) is 17.7 Å². The second-order valence-electron chi connectivity index (χ2n) is 11.0. The minimum Gasteiger partial charge on any atom is -0.493 e. The van der Waals surface area contributed by atoms with E-state index in [1.165, 1.54) is 12.1 Å². The molecule has 0 aliphatic heterocycles. The number of hydrogen-bond donors (Lipinski definition) is 4. The maximum Gasteiger partial charge on any atom is 0.243 e. The van der Waals surface area contributed by atoms with Crippen molar-refractivity contribution in [1.82, 2.24) is 16.0 Å². The van der Waals surface area contributed by atoms with Crippen LogP contribution in [0, 0.1) is 23.6 Å². The second kappa shape index (κ2) is 16.6. The Hall–Kier alpha value is -3.46. The van der Waals surface area contributed by atoms with Crippen molar-refractivity contribution in [3.8, 4) is 5.75 Å². The number of carbonyl (C=O) groups is 3. The highest BCUT2D eigenvalue weighted by atomic mass is 19.1. The van der Waals surface area contributed by atoms with Crippen LogP contribution in [0.1, 0.15) is 52.2 Å². The van der Waals surface area contributed by atoms with Crippen LogP contribution in [-0.4, -0.2) is 49.5 Å². The van der Waals surface area contributed by atoms with Gasteiger partial charge in [-0.15, -0.1) is 0 Å². The van der Waals surface area contributed by atoms with E-state index >= 15 is 0 Å². The van der Waals surface area contributed by atoms with Crippen molar-refractivity contribution in [3.05, 3.63) is 65.5 Å². The summed E-state index contributed by atoms with van der Waals surface area (Å²) in [6.45, 7) is 10.5. The summed E-state index contributed by atoms with van der Waals surface area (Å²) in [5, 5.41) is 8.31. The van der Waals surface area contributed by atoms with Crippen molar-refractivity contribution in [1.29, 1.82) is 0 Å². The first kappa shape index (κ1) is 32.8. The third-order valence-corrected chi connectivity index (χ3v) is 6.46. The summed E-state index contributed by atoms with van der Waals surface area (Å²) in [5.74, 6) is -1.00. The number of nitrogens with one attached hydrogen (secondary N) is 3. The number of para-hydroxylation sites is 1. The summed E-state index contributed by atoms with van der Waals surface area (Å²) in [5.41, 5.74) is 7.58. The van der Waals surface area contributed by atoms with Gasteiger partial charge in [0.1, 0.15) is 23.7 Å². The topological polar surface area (TPSA) is 123 Å². The number of ether oxygens (including phenoxy) is 1. The summed E-state index contributed by atoms with van der Waals surface area (Å²) in [7, 11) is 0. The second-order valence-corrected chi connectivity index (χ2v) is 11.0. The number of benzene rings is 2. The van der Waals surface area contributed by atoms with E-state index < -0.39 is 23.9 Å². The van der Waals surface area contributed by atoms with Gasteiger partial charge in [-0.3, -0.25) is 14.4 Å². The van der Waals surface area contributed by atoms with E-state index in [1.54, 1.807) is 19.1 Å². The Morgan fingerprint density at radius 2 is 1.65 bits per heavy atom. The van der Waals surface area contributed by atoms with Crippen LogP contribution in [0.15, 0.2) is 48.5 Å². The monoisotopic (exact) mass is 556 g/mol. The number of aryl methyl sites for hydroxylation is 1. The van der Waals surface area contributed by atoms with Crippen LogP contribution in [0.4, 0.5) is 4.39 Å². The van der Waals surface area contributed by atoms with E-state index in [4.69, 9.17) is 10.5 Å². The largest absolute Gasteiger partial charge is 0.493 e. The molecule has 2 aromatic carbocycles. The van der Waals surface area contributed by atoms with Crippen LogP contribution >= 0.6 is 0 Å². The van der Waals surface area contributed by atoms with Crippen LogP contribution in [0.5, 0.6) is 5.75 Å².